The van der Waals surface area contributed by atoms with E-state index in [0.717, 1.165) is 6.54 Å². The first kappa shape index (κ1) is 13.9. The number of hydrogen-bond donors (Lipinski definition) is 1. The van der Waals surface area contributed by atoms with Crippen molar-refractivity contribution in [3.05, 3.63) is 15.6 Å². The number of aromatic nitrogens is 1. The van der Waals surface area contributed by atoms with Gasteiger partial charge in [0.05, 0.1) is 11.7 Å². The highest BCUT2D eigenvalue weighted by Gasteiger charge is 2.29. The van der Waals surface area contributed by atoms with Gasteiger partial charge < -0.3 is 5.32 Å². The fourth-order valence-corrected chi connectivity index (χ4v) is 5.68. The van der Waals surface area contributed by atoms with Crippen LogP contribution >= 0.6 is 23.1 Å². The largest absolute Gasteiger partial charge is 0.309 e. The van der Waals surface area contributed by atoms with Crippen molar-refractivity contribution in [2.24, 2.45) is 0 Å². The minimum absolute atomic E-state index is 0.539. The Morgan fingerprint density at radius 3 is 3.16 bits per heavy atom. The summed E-state index contributed by atoms with van der Waals surface area (Å²) in [7, 11) is 2.24. The van der Waals surface area contributed by atoms with Gasteiger partial charge in [-0.2, -0.15) is 11.8 Å². The molecule has 1 saturated heterocycles. The molecular weight excluding hydrogens is 274 g/mol. The maximum atomic E-state index is 4.98. The summed E-state index contributed by atoms with van der Waals surface area (Å²) in [5.74, 6) is 2.47. The molecule has 2 unspecified atom stereocenters. The third-order valence-electron chi connectivity index (χ3n) is 4.10. The third kappa shape index (κ3) is 2.84. The summed E-state index contributed by atoms with van der Waals surface area (Å²) >= 11 is 4.03. The summed E-state index contributed by atoms with van der Waals surface area (Å²) in [6.45, 7) is 4.44. The van der Waals surface area contributed by atoms with E-state index in [1.165, 1.54) is 52.9 Å². The van der Waals surface area contributed by atoms with Crippen molar-refractivity contribution < 1.29 is 0 Å². The van der Waals surface area contributed by atoms with E-state index in [9.17, 15) is 0 Å². The van der Waals surface area contributed by atoms with E-state index >= 15 is 0 Å². The lowest BCUT2D eigenvalue weighted by atomic mass is 9.98. The van der Waals surface area contributed by atoms with Crippen LogP contribution in [0.15, 0.2) is 0 Å². The van der Waals surface area contributed by atoms with Gasteiger partial charge in [0.15, 0.2) is 0 Å². The maximum absolute atomic E-state index is 4.98. The quantitative estimate of drug-likeness (QED) is 0.928. The molecular formula is C14H23N3S2. The normalized spacial score (nSPS) is 28.3. The van der Waals surface area contributed by atoms with E-state index in [4.69, 9.17) is 4.98 Å². The van der Waals surface area contributed by atoms with Crippen LogP contribution in [-0.2, 0) is 6.42 Å². The van der Waals surface area contributed by atoms with Crippen molar-refractivity contribution in [2.45, 2.75) is 38.3 Å². The first-order valence-corrected chi connectivity index (χ1v) is 9.27. The van der Waals surface area contributed by atoms with E-state index in [2.05, 4.69) is 35.9 Å². The summed E-state index contributed by atoms with van der Waals surface area (Å²) in [4.78, 5) is 8.98. The Balaban J connectivity index is 1.84. The summed E-state index contributed by atoms with van der Waals surface area (Å²) in [6.07, 6.45) is 3.73. The van der Waals surface area contributed by atoms with Gasteiger partial charge in [0, 0.05) is 29.0 Å². The molecule has 0 bridgehead atoms. The number of rotatable bonds is 3. The van der Waals surface area contributed by atoms with Crippen LogP contribution in [0.1, 0.15) is 47.4 Å². The molecule has 2 atom stereocenters. The van der Waals surface area contributed by atoms with Gasteiger partial charge in [0.2, 0.25) is 0 Å². The van der Waals surface area contributed by atoms with Gasteiger partial charge in [0.25, 0.3) is 0 Å². The summed E-state index contributed by atoms with van der Waals surface area (Å²) < 4.78 is 0. The van der Waals surface area contributed by atoms with Crippen LogP contribution in [-0.4, -0.2) is 41.5 Å². The molecule has 0 spiro atoms. The number of fused-ring (bicyclic) bond motifs is 1. The van der Waals surface area contributed by atoms with Gasteiger partial charge in [-0.15, -0.1) is 11.3 Å². The van der Waals surface area contributed by atoms with Crippen molar-refractivity contribution in [2.75, 3.05) is 31.6 Å². The lowest BCUT2D eigenvalue weighted by Crippen LogP contribution is -2.32. The molecule has 1 fully saturated rings. The molecule has 0 radical (unpaired) electrons. The van der Waals surface area contributed by atoms with Gasteiger partial charge in [-0.05, 0) is 32.9 Å². The van der Waals surface area contributed by atoms with Gasteiger partial charge in [-0.25, -0.2) is 4.98 Å². The van der Waals surface area contributed by atoms with Crippen molar-refractivity contribution in [1.82, 2.24) is 15.2 Å². The minimum Gasteiger partial charge on any atom is -0.309 e. The number of thiazole rings is 1. The second-order valence-corrected chi connectivity index (χ2v) is 7.65. The van der Waals surface area contributed by atoms with Crippen LogP contribution in [0.4, 0.5) is 0 Å². The molecule has 0 saturated carbocycles. The number of aryl methyl sites for hydroxylation is 1. The van der Waals surface area contributed by atoms with E-state index < -0.39 is 0 Å². The monoisotopic (exact) mass is 297 g/mol. The maximum Gasteiger partial charge on any atom is 0.111 e. The fourth-order valence-electron chi connectivity index (χ4n) is 2.97. The Morgan fingerprint density at radius 1 is 1.47 bits per heavy atom. The smallest absolute Gasteiger partial charge is 0.111 e. The molecule has 5 heteroatoms. The van der Waals surface area contributed by atoms with Crippen LogP contribution in [0.3, 0.4) is 0 Å². The fraction of sp³-hybridized carbons (Fsp3) is 0.786. The number of thioether (sulfide) groups is 1. The molecule has 19 heavy (non-hydrogen) atoms. The second-order valence-electron chi connectivity index (χ2n) is 5.44. The van der Waals surface area contributed by atoms with Gasteiger partial charge >= 0.3 is 0 Å². The third-order valence-corrected chi connectivity index (χ3v) is 6.43. The highest BCUT2D eigenvalue weighted by atomic mass is 32.2. The molecule has 1 N–H and O–H groups in total. The number of nitrogens with zero attached hydrogens (tertiary/aromatic N) is 2. The Labute approximate surface area is 124 Å². The lowest BCUT2D eigenvalue weighted by Gasteiger charge is -2.30. The molecule has 1 aliphatic carbocycles. The summed E-state index contributed by atoms with van der Waals surface area (Å²) in [5.41, 5.74) is 1.38. The summed E-state index contributed by atoms with van der Waals surface area (Å²) in [6, 6.07) is 1.10. The topological polar surface area (TPSA) is 28.2 Å². The Hall–Kier alpha value is -0.100. The van der Waals surface area contributed by atoms with E-state index in [-0.39, 0.29) is 0 Å². The minimum atomic E-state index is 0.539. The SMILES string of the molecule is CCNC1CCCc2nc(C3CSCCN3C)sc21. The molecule has 106 valence electrons. The molecule has 1 aromatic heterocycles. The van der Waals surface area contributed by atoms with Crippen LogP contribution in [0.2, 0.25) is 0 Å². The van der Waals surface area contributed by atoms with Gasteiger partial charge in [-0.1, -0.05) is 6.92 Å². The van der Waals surface area contributed by atoms with E-state index in [1.54, 1.807) is 0 Å². The van der Waals surface area contributed by atoms with E-state index in [1.807, 2.05) is 11.3 Å². The predicted octanol–water partition coefficient (Wildman–Crippen LogP) is 2.85. The molecule has 1 aliphatic heterocycles. The highest BCUT2D eigenvalue weighted by Crippen LogP contribution is 2.38. The zero-order chi connectivity index (χ0) is 13.2. The first-order chi connectivity index (χ1) is 9.29. The number of hydrogen-bond acceptors (Lipinski definition) is 5. The second kappa shape index (κ2) is 6.12. The van der Waals surface area contributed by atoms with Gasteiger partial charge in [0.1, 0.15) is 5.01 Å². The van der Waals surface area contributed by atoms with Crippen LogP contribution in [0, 0.1) is 0 Å². The van der Waals surface area contributed by atoms with Crippen molar-refractivity contribution in [3.8, 4) is 0 Å². The van der Waals surface area contributed by atoms with E-state index in [0.29, 0.717) is 12.1 Å². The van der Waals surface area contributed by atoms with Crippen LogP contribution in [0.5, 0.6) is 0 Å². The summed E-state index contributed by atoms with van der Waals surface area (Å²) in [5, 5.41) is 4.97. The molecule has 2 aliphatic rings. The molecule has 3 nitrogen and oxygen atoms in total. The standard InChI is InChI=1S/C14H23N3S2/c1-3-15-10-5-4-6-11-13(10)19-14(16-11)12-9-18-8-7-17(12)2/h10,12,15H,3-9H2,1-2H3. The van der Waals surface area contributed by atoms with Crippen molar-refractivity contribution >= 4 is 23.1 Å². The Kier molecular flexibility index (Phi) is 4.47. The zero-order valence-electron chi connectivity index (χ0n) is 11.8. The van der Waals surface area contributed by atoms with Crippen LogP contribution in [0.25, 0.3) is 0 Å². The lowest BCUT2D eigenvalue weighted by molar-refractivity contribution is 0.274. The molecule has 1 aromatic rings. The predicted molar refractivity (Wildman–Crippen MR) is 84.2 cm³/mol. The number of nitrogens with one attached hydrogen (secondary N) is 1. The Morgan fingerprint density at radius 2 is 2.37 bits per heavy atom. The average molecular weight is 297 g/mol. The highest BCUT2D eigenvalue weighted by molar-refractivity contribution is 7.99. The first-order valence-electron chi connectivity index (χ1n) is 7.30. The van der Waals surface area contributed by atoms with Crippen molar-refractivity contribution in [1.29, 1.82) is 0 Å². The Bertz CT molecular complexity index is 432. The zero-order valence-corrected chi connectivity index (χ0v) is 13.4. The molecule has 3 rings (SSSR count). The molecule has 0 aromatic carbocycles. The average Bonchev–Trinajstić information content (AvgIpc) is 2.84. The van der Waals surface area contributed by atoms with Crippen molar-refractivity contribution in [3.63, 3.8) is 0 Å². The molecule has 0 amide bonds. The van der Waals surface area contributed by atoms with Gasteiger partial charge in [-0.3, -0.25) is 4.90 Å². The molecule has 2 heterocycles. The van der Waals surface area contributed by atoms with Crippen LogP contribution < -0.4 is 5.32 Å².